The van der Waals surface area contributed by atoms with Crippen molar-refractivity contribution >= 4 is 45.5 Å². The smallest absolute Gasteiger partial charge is 0.230 e. The van der Waals surface area contributed by atoms with Gasteiger partial charge in [-0.05, 0) is 169 Å². The first-order valence-corrected chi connectivity index (χ1v) is 52.9. The molecule has 12 aromatic rings. The molecule has 0 saturated carbocycles. The van der Waals surface area contributed by atoms with Crippen LogP contribution in [0.25, 0.3) is 44.5 Å². The predicted octanol–water partition coefficient (Wildman–Crippen LogP) is 37.0. The third-order valence-corrected chi connectivity index (χ3v) is 28.6. The lowest BCUT2D eigenvalue weighted by molar-refractivity contribution is 0.101. The van der Waals surface area contributed by atoms with E-state index in [2.05, 4.69) is 169 Å². The summed E-state index contributed by atoms with van der Waals surface area (Å²) in [6.45, 7) is 8.54. The standard InChI is InChI=1S/C120H140N12O8/c1-5-9-13-17-21-25-29-33-37-41-97-101-77-103-98(42-38-34-30-26-22-18-14-10-6-2)105-79-107-100(44-40-36-32-28-24-20-16-12-8-4)108-80-106-99(43-39-35-31-27-23-19-15-11-7-3)104-78-102(97)114-110(86-47-55-90(56-48-86)126-130-94-63-71-122-72-64-94)116(104)136-83-138-118(106)112(88-51-59-92(60-52-88)128-132-96-67-75-124-76-68-96)120(108)140-84-139-119(107)111(87-49-57-91(58-50-87)127-131-95-65-73-123-74-66-95)117(105)137-82-135-115(103)109(113(101)133-81-134-114)85-45-53-89(54-46-85)125-129-93-61-69-121-70-62-93/h45-80,97-100H,5-44,81-84H2,1-4H3. The van der Waals surface area contributed by atoms with E-state index in [9.17, 15) is 0 Å². The van der Waals surface area contributed by atoms with E-state index in [0.29, 0.717) is 91.5 Å². The van der Waals surface area contributed by atoms with Gasteiger partial charge in [0.2, 0.25) is 27.2 Å². The van der Waals surface area contributed by atoms with Crippen molar-refractivity contribution in [1.29, 1.82) is 0 Å². The van der Waals surface area contributed by atoms with Gasteiger partial charge in [-0.3, -0.25) is 19.9 Å². The van der Waals surface area contributed by atoms with Crippen molar-refractivity contribution in [1.82, 2.24) is 19.9 Å². The highest BCUT2D eigenvalue weighted by Gasteiger charge is 2.43. The molecule has 20 nitrogen and oxygen atoms in total. The van der Waals surface area contributed by atoms with E-state index >= 15 is 0 Å². The predicted molar refractivity (Wildman–Crippen MR) is 560 cm³/mol. The molecule has 20 heteroatoms. The fraction of sp³-hybridized carbons (Fsp3) is 0.433. The largest absolute Gasteiger partial charge is 0.456 e. The van der Waals surface area contributed by atoms with E-state index in [0.717, 1.165) is 192 Å². The van der Waals surface area contributed by atoms with Crippen molar-refractivity contribution in [3.05, 3.63) is 264 Å². The highest BCUT2D eigenvalue weighted by atomic mass is 16.7. The van der Waals surface area contributed by atoms with Crippen LogP contribution in [0.4, 0.5) is 45.5 Å². The van der Waals surface area contributed by atoms with Crippen LogP contribution in [0.2, 0.25) is 0 Å². The van der Waals surface area contributed by atoms with E-state index in [1.807, 2.05) is 48.5 Å². The number of nitrogens with zero attached hydrogens (tertiary/aromatic N) is 12. The first-order valence-electron chi connectivity index (χ1n) is 52.9. The monoisotopic (exact) mass is 1880 g/mol. The highest BCUT2D eigenvalue weighted by Crippen LogP contribution is 2.63. The van der Waals surface area contributed by atoms with Crippen LogP contribution >= 0.6 is 0 Å². The number of pyridine rings is 4. The van der Waals surface area contributed by atoms with Crippen molar-refractivity contribution in [2.75, 3.05) is 27.2 Å². The van der Waals surface area contributed by atoms with Crippen LogP contribution in [0.3, 0.4) is 0 Å². The topological polar surface area (TPSA) is 224 Å². The van der Waals surface area contributed by atoms with Gasteiger partial charge >= 0.3 is 0 Å². The molecule has 0 amide bonds. The van der Waals surface area contributed by atoms with E-state index in [1.165, 1.54) is 154 Å². The Morgan fingerprint density at radius 1 is 0.186 bits per heavy atom. The lowest BCUT2D eigenvalue weighted by Gasteiger charge is -2.38. The Hall–Kier alpha value is -12.8. The van der Waals surface area contributed by atoms with Crippen LogP contribution in [0.15, 0.2) is 260 Å². The van der Waals surface area contributed by atoms with Crippen LogP contribution in [0, 0.1) is 0 Å². The molecule has 0 N–H and O–H groups in total. The Morgan fingerprint density at radius 3 is 0.486 bits per heavy atom. The zero-order chi connectivity index (χ0) is 95.5. The van der Waals surface area contributed by atoms with Gasteiger partial charge in [0, 0.05) is 118 Å². The van der Waals surface area contributed by atoms with E-state index < -0.39 is 0 Å². The molecule has 17 rings (SSSR count). The van der Waals surface area contributed by atoms with Gasteiger partial charge in [-0.2, -0.15) is 40.9 Å². The summed E-state index contributed by atoms with van der Waals surface area (Å²) in [5.41, 5.74) is 21.0. The molecule has 140 heavy (non-hydrogen) atoms. The van der Waals surface area contributed by atoms with Gasteiger partial charge in [-0.1, -0.05) is 307 Å². The first-order chi connectivity index (χ1) is 69.4. The van der Waals surface area contributed by atoms with Gasteiger partial charge in [0.15, 0.2) is 0 Å². The molecule has 0 radical (unpaired) electrons. The average Bonchev–Trinajstić information content (AvgIpc) is 0.714. The molecule has 0 spiro atoms. The van der Waals surface area contributed by atoms with Gasteiger partial charge in [-0.15, -0.1) is 0 Å². The molecule has 0 saturated heterocycles. The minimum Gasteiger partial charge on any atom is -0.456 e. The molecule has 0 atom stereocenters. The summed E-state index contributed by atoms with van der Waals surface area (Å²) < 4.78 is 61.9. The number of hydrogen-bond donors (Lipinski definition) is 0. The van der Waals surface area contributed by atoms with Crippen molar-refractivity contribution in [3.63, 3.8) is 0 Å². The molecule has 728 valence electrons. The Kier molecular flexibility index (Phi) is 36.6. The van der Waals surface area contributed by atoms with Crippen LogP contribution in [-0.4, -0.2) is 47.1 Å². The van der Waals surface area contributed by atoms with Gasteiger partial charge < -0.3 is 37.9 Å². The van der Waals surface area contributed by atoms with Crippen molar-refractivity contribution in [2.45, 2.75) is 308 Å². The van der Waals surface area contributed by atoms with Crippen LogP contribution < -0.4 is 37.9 Å². The molecule has 8 aromatic carbocycles. The lowest BCUT2D eigenvalue weighted by Crippen LogP contribution is -2.24. The zero-order valence-corrected chi connectivity index (χ0v) is 82.8. The SMILES string of the molecule is CCCCCCCCCCCC1c2cc3c4c(-c5ccc(N=Nc6ccncc6)cc5)c2OCOc2c1cc1c(c2-c2ccc(N=Nc5ccncc5)cc2)OCOc2c(cc5c(c2-c2ccc(N=Nc6ccncc6)cc2)OCOc2c(cc(c(c2-c2ccc(N=Nc6ccncc6)cc2)OCO4)C3CCCCCCCCCCC)C5CCCCCCCCCCC)C1CCCCCCCCCCC. The summed E-state index contributed by atoms with van der Waals surface area (Å²) in [5.74, 6) is 4.18. The molecule has 1 aliphatic carbocycles. The number of benzene rings is 8. The second-order valence-electron chi connectivity index (χ2n) is 38.5. The normalized spacial score (nSPS) is 15.5. The molecule has 4 aliphatic heterocycles. The molecule has 8 bridgehead atoms. The third-order valence-electron chi connectivity index (χ3n) is 28.6. The van der Waals surface area contributed by atoms with Crippen LogP contribution in [0.5, 0.6) is 46.0 Å². The molecule has 4 aromatic heterocycles. The number of rotatable bonds is 52. The Balaban J connectivity index is 0.977. The molecular weight excluding hydrogens is 1740 g/mol. The van der Waals surface area contributed by atoms with Gasteiger partial charge in [0.05, 0.1) is 67.8 Å². The van der Waals surface area contributed by atoms with Gasteiger partial charge in [-0.25, -0.2) is 0 Å². The number of hydrogen-bond acceptors (Lipinski definition) is 20. The minimum absolute atomic E-state index is 0.166. The summed E-state index contributed by atoms with van der Waals surface area (Å²) in [4.78, 5) is 17.1. The molecule has 0 fully saturated rings. The second-order valence-corrected chi connectivity index (χ2v) is 38.5. The summed E-state index contributed by atoms with van der Waals surface area (Å²) >= 11 is 0. The van der Waals surface area contributed by atoms with Crippen molar-refractivity contribution < 1.29 is 37.9 Å². The van der Waals surface area contributed by atoms with Gasteiger partial charge in [0.1, 0.15) is 46.0 Å². The third kappa shape index (κ3) is 25.5. The second kappa shape index (κ2) is 51.9. The van der Waals surface area contributed by atoms with Gasteiger partial charge in [0.25, 0.3) is 0 Å². The highest BCUT2D eigenvalue weighted by molar-refractivity contribution is 5.89. The average molecular weight is 1880 g/mol. The molecular formula is C120H140N12O8. The summed E-state index contributed by atoms with van der Waals surface area (Å²) in [5, 5.41) is 38.2. The Morgan fingerprint density at radius 2 is 0.329 bits per heavy atom. The summed E-state index contributed by atoms with van der Waals surface area (Å²) in [6.07, 6.45) is 58.8. The van der Waals surface area contributed by atoms with Crippen molar-refractivity contribution in [3.8, 4) is 90.5 Å². The fourth-order valence-electron chi connectivity index (χ4n) is 21.1. The number of unbranched alkanes of at least 4 members (excludes halogenated alkanes) is 32. The summed E-state index contributed by atoms with van der Waals surface area (Å²) in [6, 6.07) is 58.9. The maximum atomic E-state index is 7.74. The lowest BCUT2D eigenvalue weighted by atomic mass is 9.73. The Bertz CT molecular complexity index is 5190. The maximum Gasteiger partial charge on any atom is 0.230 e. The maximum absolute atomic E-state index is 7.74. The number of azo groups is 4. The minimum atomic E-state index is -0.352. The zero-order valence-electron chi connectivity index (χ0n) is 82.8. The fourth-order valence-corrected chi connectivity index (χ4v) is 21.1. The first kappa shape index (κ1) is 98.8. The van der Waals surface area contributed by atoms with E-state index in [-0.39, 0.29) is 50.8 Å². The van der Waals surface area contributed by atoms with E-state index in [1.54, 1.807) is 49.6 Å². The van der Waals surface area contributed by atoms with Crippen LogP contribution in [0.1, 0.15) is 353 Å². The summed E-state index contributed by atoms with van der Waals surface area (Å²) in [7, 11) is 0. The number of aromatic nitrogens is 4. The number of ether oxygens (including phenoxy) is 8. The quantitative estimate of drug-likeness (QED) is 0.0256. The molecule has 0 unspecified atom stereocenters. The molecule has 5 aliphatic rings. The Labute approximate surface area is 829 Å². The molecule has 8 heterocycles. The van der Waals surface area contributed by atoms with Crippen LogP contribution in [-0.2, 0) is 0 Å². The van der Waals surface area contributed by atoms with Crippen molar-refractivity contribution in [2.24, 2.45) is 40.9 Å². The van der Waals surface area contributed by atoms with E-state index in [4.69, 9.17) is 78.8 Å².